The summed E-state index contributed by atoms with van der Waals surface area (Å²) < 4.78 is 62.8. The Hall–Kier alpha value is -1.76. The number of benzene rings is 2. The van der Waals surface area contributed by atoms with Crippen molar-refractivity contribution in [3.8, 4) is 5.75 Å². The number of hydrogen-bond acceptors (Lipinski definition) is 3. The standard InChI is InChI=1S/C12H9F3O3S/c1-8-10-5-3-2-4-9(10)6-7-11(8)18-19(16,17)12(13,14)15/h2-7H,1H3. The van der Waals surface area contributed by atoms with E-state index < -0.39 is 15.6 Å². The zero-order valence-corrected chi connectivity index (χ0v) is 10.5. The number of hydrogen-bond donors (Lipinski definition) is 0. The molecule has 0 amide bonds. The van der Waals surface area contributed by atoms with Gasteiger partial charge in [0.1, 0.15) is 5.75 Å². The lowest BCUT2D eigenvalue weighted by Crippen LogP contribution is -2.28. The molecule has 0 saturated carbocycles. The van der Waals surface area contributed by atoms with E-state index in [1.807, 2.05) is 0 Å². The molecule has 2 aromatic carbocycles. The Morgan fingerprint density at radius 1 is 1.05 bits per heavy atom. The molecule has 0 radical (unpaired) electrons. The molecule has 0 saturated heterocycles. The molecule has 19 heavy (non-hydrogen) atoms. The predicted octanol–water partition coefficient (Wildman–Crippen LogP) is 3.38. The fraction of sp³-hybridized carbons (Fsp3) is 0.167. The molecule has 0 aliphatic carbocycles. The molecule has 0 aliphatic rings. The van der Waals surface area contributed by atoms with Crippen LogP contribution in [0.2, 0.25) is 0 Å². The van der Waals surface area contributed by atoms with E-state index >= 15 is 0 Å². The summed E-state index contributed by atoms with van der Waals surface area (Å²) in [6.45, 7) is 1.50. The Labute approximate surface area is 107 Å². The van der Waals surface area contributed by atoms with Crippen molar-refractivity contribution in [2.75, 3.05) is 0 Å². The van der Waals surface area contributed by atoms with Gasteiger partial charge >= 0.3 is 15.6 Å². The molecule has 0 fully saturated rings. The van der Waals surface area contributed by atoms with Crippen LogP contribution in [0.4, 0.5) is 13.2 Å². The highest BCUT2D eigenvalue weighted by molar-refractivity contribution is 7.88. The summed E-state index contributed by atoms with van der Waals surface area (Å²) in [5.41, 5.74) is -5.10. The quantitative estimate of drug-likeness (QED) is 0.629. The van der Waals surface area contributed by atoms with Gasteiger partial charge in [-0.25, -0.2) is 0 Å². The number of halogens is 3. The second-order valence-corrected chi connectivity index (χ2v) is 5.43. The van der Waals surface area contributed by atoms with Gasteiger partial charge in [0.15, 0.2) is 0 Å². The van der Waals surface area contributed by atoms with Crippen LogP contribution in [0.25, 0.3) is 10.8 Å². The highest BCUT2D eigenvalue weighted by atomic mass is 32.2. The Kier molecular flexibility index (Phi) is 3.17. The first-order chi connectivity index (χ1) is 8.72. The zero-order valence-electron chi connectivity index (χ0n) is 9.73. The molecule has 0 atom stereocenters. The van der Waals surface area contributed by atoms with Crippen LogP contribution >= 0.6 is 0 Å². The smallest absolute Gasteiger partial charge is 0.376 e. The minimum absolute atomic E-state index is 0.323. The first-order valence-electron chi connectivity index (χ1n) is 5.21. The molecule has 0 bridgehead atoms. The highest BCUT2D eigenvalue weighted by Gasteiger charge is 2.48. The molecule has 0 unspecified atom stereocenters. The van der Waals surface area contributed by atoms with Gasteiger partial charge in [0.25, 0.3) is 0 Å². The van der Waals surface area contributed by atoms with Crippen molar-refractivity contribution in [2.45, 2.75) is 12.4 Å². The van der Waals surface area contributed by atoms with Crippen LogP contribution in [0.3, 0.4) is 0 Å². The molecule has 0 N–H and O–H groups in total. The number of rotatable bonds is 2. The number of alkyl halides is 3. The maximum atomic E-state index is 12.3. The van der Waals surface area contributed by atoms with E-state index in [9.17, 15) is 21.6 Å². The maximum Gasteiger partial charge on any atom is 0.534 e. The van der Waals surface area contributed by atoms with Gasteiger partial charge in [-0.3, -0.25) is 0 Å². The van der Waals surface area contributed by atoms with Crippen molar-refractivity contribution in [3.63, 3.8) is 0 Å². The fourth-order valence-electron chi connectivity index (χ4n) is 1.66. The van der Waals surface area contributed by atoms with Crippen LogP contribution in [-0.4, -0.2) is 13.9 Å². The average Bonchev–Trinajstić information content (AvgIpc) is 2.31. The third-order valence-electron chi connectivity index (χ3n) is 2.63. The molecular formula is C12H9F3O3S. The summed E-state index contributed by atoms with van der Waals surface area (Å²) in [6.07, 6.45) is 0. The third-order valence-corrected chi connectivity index (χ3v) is 3.60. The molecule has 3 nitrogen and oxygen atoms in total. The lowest BCUT2D eigenvalue weighted by molar-refractivity contribution is -0.0500. The summed E-state index contributed by atoms with van der Waals surface area (Å²) in [5, 5.41) is 1.43. The minimum atomic E-state index is -5.64. The number of fused-ring (bicyclic) bond motifs is 1. The fourth-order valence-corrected chi connectivity index (χ4v) is 2.17. The molecule has 2 aromatic rings. The lowest BCUT2D eigenvalue weighted by Gasteiger charge is -2.12. The molecule has 7 heteroatoms. The van der Waals surface area contributed by atoms with Crippen molar-refractivity contribution in [1.29, 1.82) is 0 Å². The van der Waals surface area contributed by atoms with Gasteiger partial charge in [-0.2, -0.15) is 21.6 Å². The van der Waals surface area contributed by atoms with Crippen LogP contribution in [-0.2, 0) is 10.1 Å². The largest absolute Gasteiger partial charge is 0.534 e. The number of aryl methyl sites for hydroxylation is 1. The normalized spacial score (nSPS) is 12.6. The van der Waals surface area contributed by atoms with E-state index in [1.165, 1.54) is 19.1 Å². The Morgan fingerprint density at radius 3 is 2.32 bits per heavy atom. The summed E-state index contributed by atoms with van der Waals surface area (Å²) in [5.74, 6) is -0.323. The molecular weight excluding hydrogens is 281 g/mol. The average molecular weight is 290 g/mol. The summed E-state index contributed by atoms with van der Waals surface area (Å²) >= 11 is 0. The van der Waals surface area contributed by atoms with Gasteiger partial charge < -0.3 is 4.18 Å². The van der Waals surface area contributed by atoms with E-state index in [2.05, 4.69) is 4.18 Å². The van der Waals surface area contributed by atoms with Gasteiger partial charge in [-0.1, -0.05) is 30.3 Å². The lowest BCUT2D eigenvalue weighted by atomic mass is 10.1. The SMILES string of the molecule is Cc1c(OS(=O)(=O)C(F)(F)F)ccc2ccccc12. The summed E-state index contributed by atoms with van der Waals surface area (Å²) in [4.78, 5) is 0. The Balaban J connectivity index is 2.51. The second kappa shape index (κ2) is 4.41. The Morgan fingerprint density at radius 2 is 1.68 bits per heavy atom. The summed E-state index contributed by atoms with van der Waals surface area (Å²) in [7, 11) is -5.64. The maximum absolute atomic E-state index is 12.3. The minimum Gasteiger partial charge on any atom is -0.376 e. The molecule has 2 rings (SSSR count). The first kappa shape index (κ1) is 13.7. The van der Waals surface area contributed by atoms with E-state index in [4.69, 9.17) is 0 Å². The van der Waals surface area contributed by atoms with Crippen molar-refractivity contribution in [2.24, 2.45) is 0 Å². The van der Waals surface area contributed by atoms with Crippen molar-refractivity contribution < 1.29 is 25.8 Å². The van der Waals surface area contributed by atoms with E-state index in [0.717, 1.165) is 5.39 Å². The summed E-state index contributed by atoms with van der Waals surface area (Å²) in [6, 6.07) is 9.64. The predicted molar refractivity (Wildman–Crippen MR) is 64.3 cm³/mol. The van der Waals surface area contributed by atoms with Crippen molar-refractivity contribution in [3.05, 3.63) is 42.0 Å². The zero-order chi connectivity index (χ0) is 14.3. The topological polar surface area (TPSA) is 43.4 Å². The first-order valence-corrected chi connectivity index (χ1v) is 6.62. The monoisotopic (exact) mass is 290 g/mol. The molecule has 102 valence electrons. The van der Waals surface area contributed by atoms with Crippen LogP contribution in [0, 0.1) is 6.92 Å². The van der Waals surface area contributed by atoms with Gasteiger partial charge in [0.2, 0.25) is 0 Å². The van der Waals surface area contributed by atoms with Gasteiger partial charge in [0, 0.05) is 5.56 Å². The molecule has 0 heterocycles. The van der Waals surface area contributed by atoms with Crippen molar-refractivity contribution in [1.82, 2.24) is 0 Å². The van der Waals surface area contributed by atoms with Crippen LogP contribution < -0.4 is 4.18 Å². The van der Waals surface area contributed by atoms with Gasteiger partial charge in [-0.15, -0.1) is 0 Å². The van der Waals surface area contributed by atoms with Crippen LogP contribution in [0.1, 0.15) is 5.56 Å². The van der Waals surface area contributed by atoms with Crippen molar-refractivity contribution >= 4 is 20.9 Å². The van der Waals surface area contributed by atoms with Crippen LogP contribution in [0.5, 0.6) is 5.75 Å². The third kappa shape index (κ3) is 2.51. The van der Waals surface area contributed by atoms with Gasteiger partial charge in [0.05, 0.1) is 0 Å². The molecule has 0 aromatic heterocycles. The van der Waals surface area contributed by atoms with Gasteiger partial charge in [-0.05, 0) is 23.8 Å². The highest BCUT2D eigenvalue weighted by Crippen LogP contribution is 2.32. The van der Waals surface area contributed by atoms with E-state index in [0.29, 0.717) is 10.9 Å². The second-order valence-electron chi connectivity index (χ2n) is 3.89. The molecule has 0 spiro atoms. The Bertz CT molecular complexity index is 721. The van der Waals surface area contributed by atoms with Crippen LogP contribution in [0.15, 0.2) is 36.4 Å². The van der Waals surface area contributed by atoms with E-state index in [-0.39, 0.29) is 5.75 Å². The molecule has 0 aliphatic heterocycles. The van der Waals surface area contributed by atoms with E-state index in [1.54, 1.807) is 24.3 Å².